The summed E-state index contributed by atoms with van der Waals surface area (Å²) in [4.78, 5) is 16.3. The Hall–Kier alpha value is -0.770. The van der Waals surface area contributed by atoms with Crippen molar-refractivity contribution in [3.05, 3.63) is 18.2 Å². The third-order valence-corrected chi connectivity index (χ3v) is 4.61. The molecule has 1 saturated heterocycles. The van der Waals surface area contributed by atoms with Crippen molar-refractivity contribution in [2.45, 2.75) is 30.9 Å². The Morgan fingerprint density at radius 3 is 3.07 bits per heavy atom. The van der Waals surface area contributed by atoms with Gasteiger partial charge in [-0.25, -0.2) is 4.98 Å². The van der Waals surface area contributed by atoms with Gasteiger partial charge in [0.1, 0.15) is 5.82 Å². The van der Waals surface area contributed by atoms with E-state index in [1.54, 1.807) is 18.0 Å². The lowest BCUT2D eigenvalue weighted by molar-refractivity contribution is -0.120. The van der Waals surface area contributed by atoms with Gasteiger partial charge in [0.2, 0.25) is 0 Å². The van der Waals surface area contributed by atoms with E-state index >= 15 is 0 Å². The summed E-state index contributed by atoms with van der Waals surface area (Å²) in [6.07, 6.45) is 6.26. The van der Waals surface area contributed by atoms with Crippen LogP contribution in [0.3, 0.4) is 0 Å². The lowest BCUT2D eigenvalue weighted by atomic mass is 9.98. The largest absolute Gasteiger partial charge is 0.338 e. The molecule has 82 valence electrons. The molecule has 2 heterocycles. The van der Waals surface area contributed by atoms with Gasteiger partial charge in [0.25, 0.3) is 0 Å². The molecule has 0 aliphatic carbocycles. The van der Waals surface area contributed by atoms with Crippen molar-refractivity contribution >= 4 is 17.5 Å². The van der Waals surface area contributed by atoms with Gasteiger partial charge in [-0.15, -0.1) is 11.8 Å². The number of ketones is 1. The van der Waals surface area contributed by atoms with Gasteiger partial charge < -0.3 is 4.57 Å². The molecule has 1 aliphatic heterocycles. The zero-order valence-corrected chi connectivity index (χ0v) is 10.0. The SMILES string of the molecule is Cn1ccnc1CC(=O)C1(C)CCCS1. The van der Waals surface area contributed by atoms with Gasteiger partial charge >= 0.3 is 0 Å². The van der Waals surface area contributed by atoms with Crippen LogP contribution in [0.25, 0.3) is 0 Å². The number of nitrogens with zero attached hydrogens (tertiary/aromatic N) is 2. The summed E-state index contributed by atoms with van der Waals surface area (Å²) < 4.78 is 1.76. The summed E-state index contributed by atoms with van der Waals surface area (Å²) >= 11 is 1.79. The van der Waals surface area contributed by atoms with E-state index in [9.17, 15) is 4.79 Å². The molecule has 1 aromatic rings. The van der Waals surface area contributed by atoms with E-state index < -0.39 is 0 Å². The molecule has 3 nitrogen and oxygen atoms in total. The fourth-order valence-electron chi connectivity index (χ4n) is 1.90. The molecule has 0 aromatic carbocycles. The number of thioether (sulfide) groups is 1. The highest BCUT2D eigenvalue weighted by Crippen LogP contribution is 2.38. The maximum atomic E-state index is 12.1. The first kappa shape index (κ1) is 10.7. The van der Waals surface area contributed by atoms with Crippen molar-refractivity contribution in [1.29, 1.82) is 0 Å². The highest BCUT2D eigenvalue weighted by atomic mass is 32.2. The Labute approximate surface area is 94.3 Å². The second-order valence-electron chi connectivity index (χ2n) is 4.24. The number of aromatic nitrogens is 2. The fourth-order valence-corrected chi connectivity index (χ4v) is 3.16. The average Bonchev–Trinajstić information content (AvgIpc) is 2.78. The molecule has 0 bridgehead atoms. The molecule has 2 rings (SSSR count). The topological polar surface area (TPSA) is 34.9 Å². The molecule has 0 amide bonds. The predicted octanol–water partition coefficient (Wildman–Crippen LogP) is 1.82. The van der Waals surface area contributed by atoms with Gasteiger partial charge in [-0.1, -0.05) is 0 Å². The van der Waals surface area contributed by atoms with Crippen molar-refractivity contribution in [2.75, 3.05) is 5.75 Å². The Kier molecular flexibility index (Phi) is 2.87. The van der Waals surface area contributed by atoms with Gasteiger partial charge in [-0.2, -0.15) is 0 Å². The molecule has 1 aliphatic rings. The standard InChI is InChI=1S/C11H16N2OS/c1-11(4-3-7-15-11)9(14)8-10-12-5-6-13(10)2/h5-6H,3-4,7-8H2,1-2H3. The van der Waals surface area contributed by atoms with E-state index in [0.717, 1.165) is 24.4 Å². The molecule has 1 atom stereocenters. The van der Waals surface area contributed by atoms with Crippen LogP contribution in [-0.4, -0.2) is 25.8 Å². The third-order valence-electron chi connectivity index (χ3n) is 3.05. The van der Waals surface area contributed by atoms with Crippen LogP contribution >= 0.6 is 11.8 Å². The van der Waals surface area contributed by atoms with E-state index in [2.05, 4.69) is 11.9 Å². The molecule has 1 aromatic heterocycles. The summed E-state index contributed by atoms with van der Waals surface area (Å²) in [6, 6.07) is 0. The summed E-state index contributed by atoms with van der Waals surface area (Å²) in [5.41, 5.74) is 0. The van der Waals surface area contributed by atoms with Crippen LogP contribution in [0.1, 0.15) is 25.6 Å². The van der Waals surface area contributed by atoms with Crippen LogP contribution in [0.4, 0.5) is 0 Å². The average molecular weight is 224 g/mol. The molecule has 15 heavy (non-hydrogen) atoms. The number of carbonyl (C=O) groups is 1. The van der Waals surface area contributed by atoms with Crippen LogP contribution < -0.4 is 0 Å². The Morgan fingerprint density at radius 1 is 1.73 bits per heavy atom. The van der Waals surface area contributed by atoms with Crippen LogP contribution in [0.2, 0.25) is 0 Å². The smallest absolute Gasteiger partial charge is 0.156 e. The minimum atomic E-state index is -0.161. The van der Waals surface area contributed by atoms with Gasteiger partial charge in [-0.05, 0) is 25.5 Å². The first-order valence-corrected chi connectivity index (χ1v) is 6.24. The lowest BCUT2D eigenvalue weighted by Gasteiger charge is -2.20. The van der Waals surface area contributed by atoms with E-state index in [4.69, 9.17) is 0 Å². The van der Waals surface area contributed by atoms with Crippen LogP contribution in [0.15, 0.2) is 12.4 Å². The van der Waals surface area contributed by atoms with Gasteiger partial charge in [0, 0.05) is 19.4 Å². The maximum Gasteiger partial charge on any atom is 0.156 e. The monoisotopic (exact) mass is 224 g/mol. The van der Waals surface area contributed by atoms with E-state index in [1.807, 2.05) is 17.8 Å². The summed E-state index contributed by atoms with van der Waals surface area (Å²) in [5, 5.41) is 0. The van der Waals surface area contributed by atoms with Crippen molar-refractivity contribution in [2.24, 2.45) is 7.05 Å². The van der Waals surface area contributed by atoms with Crippen molar-refractivity contribution in [3.8, 4) is 0 Å². The lowest BCUT2D eigenvalue weighted by Crippen LogP contribution is -2.31. The zero-order valence-electron chi connectivity index (χ0n) is 9.19. The summed E-state index contributed by atoms with van der Waals surface area (Å²) in [6.45, 7) is 2.07. The summed E-state index contributed by atoms with van der Waals surface area (Å²) in [5.74, 6) is 2.30. The highest BCUT2D eigenvalue weighted by molar-refractivity contribution is 8.01. The number of aryl methyl sites for hydroxylation is 1. The number of Topliss-reactive ketones (excluding diaryl/α,β-unsaturated/α-hetero) is 1. The second kappa shape index (κ2) is 4.00. The van der Waals surface area contributed by atoms with Crippen molar-refractivity contribution in [1.82, 2.24) is 9.55 Å². The Bertz CT molecular complexity index is 366. The number of rotatable bonds is 3. The van der Waals surface area contributed by atoms with Gasteiger partial charge in [0.15, 0.2) is 5.78 Å². The molecule has 1 fully saturated rings. The van der Waals surface area contributed by atoms with Crippen LogP contribution in [0.5, 0.6) is 0 Å². The maximum absolute atomic E-state index is 12.1. The van der Waals surface area contributed by atoms with Gasteiger partial charge in [-0.3, -0.25) is 4.79 Å². The van der Waals surface area contributed by atoms with Crippen molar-refractivity contribution < 1.29 is 4.79 Å². The van der Waals surface area contributed by atoms with E-state index in [-0.39, 0.29) is 4.75 Å². The number of hydrogen-bond donors (Lipinski definition) is 0. The first-order chi connectivity index (χ1) is 7.12. The Balaban J connectivity index is 2.07. The van der Waals surface area contributed by atoms with Crippen LogP contribution in [0, 0.1) is 0 Å². The first-order valence-electron chi connectivity index (χ1n) is 5.25. The van der Waals surface area contributed by atoms with E-state index in [0.29, 0.717) is 12.2 Å². The molecule has 0 radical (unpaired) electrons. The minimum Gasteiger partial charge on any atom is -0.338 e. The second-order valence-corrected chi connectivity index (χ2v) is 5.84. The molecule has 1 unspecified atom stereocenters. The molecule has 0 N–H and O–H groups in total. The highest BCUT2D eigenvalue weighted by Gasteiger charge is 2.36. The molecule has 4 heteroatoms. The normalized spacial score (nSPS) is 25.7. The minimum absolute atomic E-state index is 0.161. The van der Waals surface area contributed by atoms with Gasteiger partial charge in [0.05, 0.1) is 11.2 Å². The molecular weight excluding hydrogens is 208 g/mol. The van der Waals surface area contributed by atoms with E-state index in [1.165, 1.54) is 0 Å². The molecule has 0 saturated carbocycles. The number of carbonyl (C=O) groups excluding carboxylic acids is 1. The quantitative estimate of drug-likeness (QED) is 0.785. The van der Waals surface area contributed by atoms with Crippen LogP contribution in [-0.2, 0) is 18.3 Å². The molecular formula is C11H16N2OS. The number of hydrogen-bond acceptors (Lipinski definition) is 3. The fraction of sp³-hybridized carbons (Fsp3) is 0.636. The molecule has 0 spiro atoms. The third kappa shape index (κ3) is 2.09. The number of imidazole rings is 1. The summed E-state index contributed by atoms with van der Waals surface area (Å²) in [7, 11) is 1.93. The predicted molar refractivity (Wildman–Crippen MR) is 62.0 cm³/mol. The Morgan fingerprint density at radius 2 is 2.53 bits per heavy atom. The van der Waals surface area contributed by atoms with Crippen molar-refractivity contribution in [3.63, 3.8) is 0 Å². The zero-order chi connectivity index (χ0) is 10.9.